The Labute approximate surface area is 112 Å². The molecule has 2 aliphatic heterocycles. The van der Waals surface area contributed by atoms with Gasteiger partial charge in [0, 0.05) is 30.1 Å². The molecule has 1 aromatic rings. The van der Waals surface area contributed by atoms with E-state index in [1.54, 1.807) is 0 Å². The summed E-state index contributed by atoms with van der Waals surface area (Å²) >= 11 is 0. The number of fused-ring (bicyclic) bond motifs is 2. The van der Waals surface area contributed by atoms with Gasteiger partial charge in [0.1, 0.15) is 5.76 Å². The van der Waals surface area contributed by atoms with Gasteiger partial charge < -0.3 is 15.2 Å². The van der Waals surface area contributed by atoms with Gasteiger partial charge in [-0.2, -0.15) is 0 Å². The molecule has 5 heteroatoms. The molecule has 2 bridgehead atoms. The van der Waals surface area contributed by atoms with Crippen LogP contribution in [0.1, 0.15) is 60.7 Å². The molecule has 102 valence electrons. The molecule has 1 amide bonds. The maximum Gasteiger partial charge on any atom is 0.273 e. The van der Waals surface area contributed by atoms with Crippen LogP contribution in [0.3, 0.4) is 0 Å². The highest BCUT2D eigenvalue weighted by atomic mass is 16.5. The molecule has 1 aliphatic carbocycles. The number of amides is 1. The molecule has 3 atom stereocenters. The number of rotatable bonds is 3. The molecular weight excluding hydrogens is 242 g/mol. The van der Waals surface area contributed by atoms with Gasteiger partial charge in [-0.1, -0.05) is 5.16 Å². The van der Waals surface area contributed by atoms with Gasteiger partial charge in [0.25, 0.3) is 5.91 Å². The van der Waals surface area contributed by atoms with E-state index < -0.39 is 0 Å². The Balaban J connectivity index is 1.40. The van der Waals surface area contributed by atoms with Crippen LogP contribution >= 0.6 is 0 Å². The van der Waals surface area contributed by atoms with Crippen LogP contribution in [0.5, 0.6) is 0 Å². The SMILES string of the molecule is O=C(N[C@H]1C[C@H]2CC[C@@H](C1)N2)c1cc(C2CC2)on1. The first-order valence-corrected chi connectivity index (χ1v) is 7.31. The molecule has 5 nitrogen and oxygen atoms in total. The van der Waals surface area contributed by atoms with E-state index in [4.69, 9.17) is 4.52 Å². The van der Waals surface area contributed by atoms with E-state index in [0.717, 1.165) is 31.4 Å². The van der Waals surface area contributed by atoms with Crippen molar-refractivity contribution in [2.24, 2.45) is 0 Å². The second-order valence-electron chi connectivity index (χ2n) is 6.17. The van der Waals surface area contributed by atoms with Crippen LogP contribution in [0.15, 0.2) is 10.6 Å². The first-order valence-electron chi connectivity index (χ1n) is 7.31. The average molecular weight is 261 g/mol. The summed E-state index contributed by atoms with van der Waals surface area (Å²) in [4.78, 5) is 12.1. The average Bonchev–Trinajstić information content (AvgIpc) is 3.03. The topological polar surface area (TPSA) is 67.2 Å². The van der Waals surface area contributed by atoms with Gasteiger partial charge in [-0.05, 0) is 38.5 Å². The van der Waals surface area contributed by atoms with Crippen molar-refractivity contribution in [1.29, 1.82) is 0 Å². The predicted molar refractivity (Wildman–Crippen MR) is 68.9 cm³/mol. The first-order chi connectivity index (χ1) is 9.28. The lowest BCUT2D eigenvalue weighted by molar-refractivity contribution is 0.0914. The summed E-state index contributed by atoms with van der Waals surface area (Å²) in [6.45, 7) is 0. The van der Waals surface area contributed by atoms with Crippen LogP contribution in [-0.4, -0.2) is 29.2 Å². The van der Waals surface area contributed by atoms with Gasteiger partial charge >= 0.3 is 0 Å². The lowest BCUT2D eigenvalue weighted by Gasteiger charge is -2.29. The molecule has 2 saturated heterocycles. The van der Waals surface area contributed by atoms with E-state index in [1.807, 2.05) is 6.07 Å². The van der Waals surface area contributed by atoms with Gasteiger partial charge in [0.2, 0.25) is 0 Å². The smallest absolute Gasteiger partial charge is 0.273 e. The lowest BCUT2D eigenvalue weighted by atomic mass is 10.00. The monoisotopic (exact) mass is 261 g/mol. The van der Waals surface area contributed by atoms with E-state index in [9.17, 15) is 4.79 Å². The van der Waals surface area contributed by atoms with Crippen molar-refractivity contribution < 1.29 is 9.32 Å². The van der Waals surface area contributed by atoms with Crippen molar-refractivity contribution in [1.82, 2.24) is 15.8 Å². The van der Waals surface area contributed by atoms with E-state index in [-0.39, 0.29) is 11.9 Å². The number of hydrogen-bond acceptors (Lipinski definition) is 4. The third kappa shape index (κ3) is 2.27. The van der Waals surface area contributed by atoms with Crippen LogP contribution in [-0.2, 0) is 0 Å². The molecule has 0 spiro atoms. The van der Waals surface area contributed by atoms with Crippen molar-refractivity contribution >= 4 is 5.91 Å². The molecule has 0 unspecified atom stereocenters. The number of hydrogen-bond donors (Lipinski definition) is 2. The number of piperidine rings is 1. The summed E-state index contributed by atoms with van der Waals surface area (Å²) in [6.07, 6.45) is 6.88. The molecule has 3 aliphatic rings. The lowest BCUT2D eigenvalue weighted by Crippen LogP contribution is -2.48. The molecule has 0 aromatic carbocycles. The van der Waals surface area contributed by atoms with Crippen LogP contribution in [0.25, 0.3) is 0 Å². The van der Waals surface area contributed by atoms with E-state index >= 15 is 0 Å². The Morgan fingerprint density at radius 1 is 1.26 bits per heavy atom. The van der Waals surface area contributed by atoms with Crippen LogP contribution < -0.4 is 10.6 Å². The normalized spacial score (nSPS) is 33.4. The van der Waals surface area contributed by atoms with Gasteiger partial charge in [0.15, 0.2) is 5.69 Å². The minimum absolute atomic E-state index is 0.0815. The number of nitrogens with one attached hydrogen (secondary N) is 2. The summed E-state index contributed by atoms with van der Waals surface area (Å²) in [6, 6.07) is 3.27. The number of carbonyl (C=O) groups is 1. The third-order valence-electron chi connectivity index (χ3n) is 4.55. The van der Waals surface area contributed by atoms with Gasteiger partial charge in [-0.15, -0.1) is 0 Å². The highest BCUT2D eigenvalue weighted by Crippen LogP contribution is 2.40. The molecule has 1 aromatic heterocycles. The third-order valence-corrected chi connectivity index (χ3v) is 4.55. The van der Waals surface area contributed by atoms with Crippen LogP contribution in [0.2, 0.25) is 0 Å². The van der Waals surface area contributed by atoms with Crippen molar-refractivity contribution in [3.8, 4) is 0 Å². The fraction of sp³-hybridized carbons (Fsp3) is 0.714. The second-order valence-corrected chi connectivity index (χ2v) is 6.17. The Bertz CT molecular complexity index is 483. The molecule has 1 saturated carbocycles. The largest absolute Gasteiger partial charge is 0.360 e. The fourth-order valence-corrected chi connectivity index (χ4v) is 3.39. The maximum atomic E-state index is 12.1. The minimum atomic E-state index is -0.0815. The van der Waals surface area contributed by atoms with Gasteiger partial charge in [-0.25, -0.2) is 0 Å². The Morgan fingerprint density at radius 2 is 2.00 bits per heavy atom. The molecule has 3 heterocycles. The van der Waals surface area contributed by atoms with E-state index in [2.05, 4.69) is 15.8 Å². The van der Waals surface area contributed by atoms with Crippen LogP contribution in [0.4, 0.5) is 0 Å². The van der Waals surface area contributed by atoms with E-state index in [1.165, 1.54) is 12.8 Å². The van der Waals surface area contributed by atoms with Gasteiger partial charge in [-0.3, -0.25) is 4.79 Å². The Hall–Kier alpha value is -1.36. The van der Waals surface area contributed by atoms with Crippen molar-refractivity contribution in [3.63, 3.8) is 0 Å². The quantitative estimate of drug-likeness (QED) is 0.866. The van der Waals surface area contributed by atoms with Gasteiger partial charge in [0.05, 0.1) is 0 Å². The van der Waals surface area contributed by atoms with Crippen molar-refractivity contribution in [2.45, 2.75) is 62.6 Å². The summed E-state index contributed by atoms with van der Waals surface area (Å²) in [5.74, 6) is 1.29. The Kier molecular flexibility index (Phi) is 2.62. The highest BCUT2D eigenvalue weighted by molar-refractivity contribution is 5.92. The highest BCUT2D eigenvalue weighted by Gasteiger charge is 2.35. The first kappa shape index (κ1) is 11.5. The van der Waals surface area contributed by atoms with Crippen molar-refractivity contribution in [2.75, 3.05) is 0 Å². The van der Waals surface area contributed by atoms with Crippen molar-refractivity contribution in [3.05, 3.63) is 17.5 Å². The zero-order valence-electron chi connectivity index (χ0n) is 10.9. The van der Waals surface area contributed by atoms with Crippen LogP contribution in [0, 0.1) is 0 Å². The summed E-state index contributed by atoms with van der Waals surface area (Å²) in [5.41, 5.74) is 0.438. The Morgan fingerprint density at radius 3 is 2.68 bits per heavy atom. The summed E-state index contributed by atoms with van der Waals surface area (Å²) < 4.78 is 5.23. The molecule has 0 radical (unpaired) electrons. The standard InChI is InChI=1S/C14H19N3O2/c18-14(12-7-13(19-17-12)8-1-2-8)16-11-5-9-3-4-10(6-11)15-9/h7-11,15H,1-6H2,(H,16,18)/t9-,10+,11+. The molecule has 19 heavy (non-hydrogen) atoms. The fourth-order valence-electron chi connectivity index (χ4n) is 3.39. The number of aromatic nitrogens is 1. The molecule has 2 N–H and O–H groups in total. The molecule has 4 rings (SSSR count). The number of carbonyl (C=O) groups excluding carboxylic acids is 1. The summed E-state index contributed by atoms with van der Waals surface area (Å²) in [7, 11) is 0. The minimum Gasteiger partial charge on any atom is -0.360 e. The predicted octanol–water partition coefficient (Wildman–Crippen LogP) is 1.56. The summed E-state index contributed by atoms with van der Waals surface area (Å²) in [5, 5.41) is 10.6. The zero-order valence-corrected chi connectivity index (χ0v) is 10.9. The second kappa shape index (κ2) is 4.34. The molecule has 3 fully saturated rings. The molecular formula is C14H19N3O2. The number of nitrogens with zero attached hydrogens (tertiary/aromatic N) is 1. The maximum absolute atomic E-state index is 12.1. The van der Waals surface area contributed by atoms with E-state index in [0.29, 0.717) is 23.7 Å². The zero-order chi connectivity index (χ0) is 12.8.